The Labute approximate surface area is 122 Å². The van der Waals surface area contributed by atoms with Gasteiger partial charge in [-0.15, -0.1) is 0 Å². The van der Waals surface area contributed by atoms with Crippen molar-refractivity contribution in [1.82, 2.24) is 4.90 Å². The maximum Gasteiger partial charge on any atom is 0.222 e. The molecule has 1 aliphatic carbocycles. The van der Waals surface area contributed by atoms with Gasteiger partial charge in [0.2, 0.25) is 11.8 Å². The lowest BCUT2D eigenvalue weighted by Gasteiger charge is -2.31. The van der Waals surface area contributed by atoms with Gasteiger partial charge in [0.1, 0.15) is 0 Å². The maximum atomic E-state index is 12.1. The van der Waals surface area contributed by atoms with E-state index in [0.717, 1.165) is 25.2 Å². The molecule has 0 aromatic rings. The van der Waals surface area contributed by atoms with Crippen LogP contribution in [0.5, 0.6) is 0 Å². The lowest BCUT2D eigenvalue weighted by Crippen LogP contribution is -2.41. The van der Waals surface area contributed by atoms with Crippen molar-refractivity contribution in [3.63, 3.8) is 0 Å². The number of likely N-dealkylation sites (tertiary alicyclic amines) is 1. The number of hydrogen-bond donors (Lipinski definition) is 1. The summed E-state index contributed by atoms with van der Waals surface area (Å²) in [6, 6.07) is 0. The van der Waals surface area contributed by atoms with Crippen molar-refractivity contribution in [2.75, 3.05) is 13.1 Å². The largest absolute Gasteiger partial charge is 0.369 e. The maximum absolute atomic E-state index is 12.1. The van der Waals surface area contributed by atoms with E-state index >= 15 is 0 Å². The number of piperidine rings is 1. The second kappa shape index (κ2) is 7.65. The summed E-state index contributed by atoms with van der Waals surface area (Å²) < 4.78 is 0. The highest BCUT2D eigenvalue weighted by atomic mass is 16.2. The molecule has 1 saturated heterocycles. The number of amides is 2. The molecule has 1 heterocycles. The smallest absolute Gasteiger partial charge is 0.222 e. The highest BCUT2D eigenvalue weighted by molar-refractivity contribution is 5.78. The molecule has 114 valence electrons. The second-order valence-corrected chi connectivity index (χ2v) is 6.45. The molecule has 0 aromatic heterocycles. The van der Waals surface area contributed by atoms with Crippen LogP contribution in [0.4, 0.5) is 0 Å². The molecule has 0 unspecified atom stereocenters. The molecular weight excluding hydrogens is 252 g/mol. The van der Waals surface area contributed by atoms with E-state index in [2.05, 4.69) is 0 Å². The van der Waals surface area contributed by atoms with Gasteiger partial charge in [0.25, 0.3) is 0 Å². The lowest BCUT2D eigenvalue weighted by molar-refractivity contribution is -0.135. The van der Waals surface area contributed by atoms with Crippen LogP contribution in [0.25, 0.3) is 0 Å². The molecule has 4 heteroatoms. The Bertz CT molecular complexity index is 329. The summed E-state index contributed by atoms with van der Waals surface area (Å²) in [5.41, 5.74) is 5.31. The van der Waals surface area contributed by atoms with Crippen molar-refractivity contribution in [2.24, 2.45) is 17.6 Å². The van der Waals surface area contributed by atoms with Crippen LogP contribution in [0.3, 0.4) is 0 Å². The first-order valence-electron chi connectivity index (χ1n) is 8.24. The molecule has 0 atom stereocenters. The first-order chi connectivity index (χ1) is 9.66. The summed E-state index contributed by atoms with van der Waals surface area (Å²) in [5, 5.41) is 0. The Balaban J connectivity index is 1.61. The second-order valence-electron chi connectivity index (χ2n) is 6.45. The van der Waals surface area contributed by atoms with E-state index in [1.165, 1.54) is 38.5 Å². The van der Waals surface area contributed by atoms with Crippen LogP contribution in [-0.2, 0) is 9.59 Å². The van der Waals surface area contributed by atoms with Gasteiger partial charge in [-0.25, -0.2) is 0 Å². The molecule has 4 nitrogen and oxygen atoms in total. The zero-order chi connectivity index (χ0) is 14.4. The standard InChI is InChI=1S/C16H28N2O2/c17-16(20)14-9-11-18(12-10-14)15(19)8-4-7-13-5-2-1-3-6-13/h13-14H,1-12H2,(H2,17,20). The summed E-state index contributed by atoms with van der Waals surface area (Å²) in [6.45, 7) is 1.41. The quantitative estimate of drug-likeness (QED) is 0.840. The van der Waals surface area contributed by atoms with Crippen molar-refractivity contribution in [3.05, 3.63) is 0 Å². The van der Waals surface area contributed by atoms with Gasteiger partial charge >= 0.3 is 0 Å². The van der Waals surface area contributed by atoms with Crippen LogP contribution in [-0.4, -0.2) is 29.8 Å². The Morgan fingerprint density at radius 2 is 1.65 bits per heavy atom. The van der Waals surface area contributed by atoms with Crippen LogP contribution in [0, 0.1) is 11.8 Å². The number of carbonyl (C=O) groups excluding carboxylic acids is 2. The Hall–Kier alpha value is -1.06. The molecule has 1 aliphatic heterocycles. The number of nitrogens with zero attached hydrogens (tertiary/aromatic N) is 1. The minimum Gasteiger partial charge on any atom is -0.369 e. The predicted octanol–water partition coefficient (Wildman–Crippen LogP) is 2.46. The highest BCUT2D eigenvalue weighted by Gasteiger charge is 2.25. The highest BCUT2D eigenvalue weighted by Crippen LogP contribution is 2.28. The molecule has 0 aromatic carbocycles. The third-order valence-corrected chi connectivity index (χ3v) is 4.98. The third-order valence-electron chi connectivity index (χ3n) is 4.98. The molecular formula is C16H28N2O2. The van der Waals surface area contributed by atoms with E-state index < -0.39 is 0 Å². The average Bonchev–Trinajstić information content (AvgIpc) is 2.48. The topological polar surface area (TPSA) is 63.4 Å². The first kappa shape index (κ1) is 15.3. The van der Waals surface area contributed by atoms with Gasteiger partial charge in [-0.2, -0.15) is 0 Å². The SMILES string of the molecule is NC(=O)C1CCN(C(=O)CCCC2CCCCC2)CC1. The van der Waals surface area contributed by atoms with Crippen molar-refractivity contribution < 1.29 is 9.59 Å². The van der Waals surface area contributed by atoms with Crippen molar-refractivity contribution in [3.8, 4) is 0 Å². The number of hydrogen-bond acceptors (Lipinski definition) is 2. The molecule has 2 rings (SSSR count). The van der Waals surface area contributed by atoms with Gasteiger partial charge < -0.3 is 10.6 Å². The van der Waals surface area contributed by atoms with Crippen LogP contribution in [0.15, 0.2) is 0 Å². The monoisotopic (exact) mass is 280 g/mol. The molecule has 20 heavy (non-hydrogen) atoms. The fourth-order valence-electron chi connectivity index (χ4n) is 3.59. The van der Waals surface area contributed by atoms with E-state index in [1.54, 1.807) is 0 Å². The molecule has 2 aliphatic rings. The Kier molecular flexibility index (Phi) is 5.86. The van der Waals surface area contributed by atoms with Crippen LogP contribution in [0.1, 0.15) is 64.2 Å². The van der Waals surface area contributed by atoms with Crippen molar-refractivity contribution in [1.29, 1.82) is 0 Å². The zero-order valence-electron chi connectivity index (χ0n) is 12.5. The van der Waals surface area contributed by atoms with Gasteiger partial charge in [-0.1, -0.05) is 32.1 Å². The van der Waals surface area contributed by atoms with Gasteiger partial charge in [0, 0.05) is 25.4 Å². The fraction of sp³-hybridized carbons (Fsp3) is 0.875. The summed E-state index contributed by atoms with van der Waals surface area (Å²) >= 11 is 0. The minimum absolute atomic E-state index is 0.0266. The molecule has 0 bridgehead atoms. The Morgan fingerprint density at radius 1 is 1.00 bits per heavy atom. The van der Waals surface area contributed by atoms with Crippen LogP contribution in [0.2, 0.25) is 0 Å². The third kappa shape index (κ3) is 4.50. The number of rotatable bonds is 5. The first-order valence-corrected chi connectivity index (χ1v) is 8.24. The lowest BCUT2D eigenvalue weighted by atomic mass is 9.86. The van der Waals surface area contributed by atoms with Gasteiger partial charge in [-0.05, 0) is 31.6 Å². The Morgan fingerprint density at radius 3 is 2.25 bits per heavy atom. The minimum atomic E-state index is -0.214. The van der Waals surface area contributed by atoms with Gasteiger partial charge in [0.05, 0.1) is 0 Å². The van der Waals surface area contributed by atoms with E-state index in [4.69, 9.17) is 5.73 Å². The van der Waals surface area contributed by atoms with Crippen LogP contribution < -0.4 is 5.73 Å². The van der Waals surface area contributed by atoms with Crippen molar-refractivity contribution in [2.45, 2.75) is 64.2 Å². The predicted molar refractivity (Wildman–Crippen MR) is 78.9 cm³/mol. The molecule has 0 radical (unpaired) electrons. The molecule has 2 amide bonds. The number of primary amides is 1. The number of nitrogens with two attached hydrogens (primary N) is 1. The summed E-state index contributed by atoms with van der Waals surface area (Å²) in [6.07, 6.45) is 11.3. The summed E-state index contributed by atoms with van der Waals surface area (Å²) in [4.78, 5) is 25.1. The zero-order valence-corrected chi connectivity index (χ0v) is 12.5. The van der Waals surface area contributed by atoms with E-state index in [-0.39, 0.29) is 17.7 Å². The van der Waals surface area contributed by atoms with Crippen LogP contribution >= 0.6 is 0 Å². The summed E-state index contributed by atoms with van der Waals surface area (Å²) in [7, 11) is 0. The van der Waals surface area contributed by atoms with Gasteiger partial charge in [-0.3, -0.25) is 9.59 Å². The molecule has 0 spiro atoms. The molecule has 1 saturated carbocycles. The fourth-order valence-corrected chi connectivity index (χ4v) is 3.59. The summed E-state index contributed by atoms with van der Waals surface area (Å²) in [5.74, 6) is 0.886. The molecule has 2 fully saturated rings. The average molecular weight is 280 g/mol. The molecule has 2 N–H and O–H groups in total. The number of carbonyl (C=O) groups is 2. The van der Waals surface area contributed by atoms with E-state index in [1.807, 2.05) is 4.90 Å². The van der Waals surface area contributed by atoms with Crippen molar-refractivity contribution >= 4 is 11.8 Å². The normalized spacial score (nSPS) is 21.9. The van der Waals surface area contributed by atoms with E-state index in [9.17, 15) is 9.59 Å². The van der Waals surface area contributed by atoms with E-state index in [0.29, 0.717) is 19.5 Å². The van der Waals surface area contributed by atoms with Gasteiger partial charge in [0.15, 0.2) is 0 Å².